The fourth-order valence-electron chi connectivity index (χ4n) is 1.82. The third-order valence-electron chi connectivity index (χ3n) is 3.24. The lowest BCUT2D eigenvalue weighted by Gasteiger charge is -2.19. The standard InChI is InChI=1S/C9H10F3N.C5H7NO3.CH4/c1-13-8(9(10,11)12)7-5-3-2-4-6-7;7-3-6-5(1-2-5)4(8)9;/h2-6,8,13H,1H3;3H,1-2H2,(H,6,7)(H,8,9);1H4. The van der Waals surface area contributed by atoms with Crippen LogP contribution in [0.5, 0.6) is 0 Å². The largest absolute Gasteiger partial charge is 0.480 e. The summed E-state index contributed by atoms with van der Waals surface area (Å²) in [6, 6.07) is 6.20. The van der Waals surface area contributed by atoms with Gasteiger partial charge in [-0.05, 0) is 25.5 Å². The minimum atomic E-state index is -4.24. The molecule has 1 saturated carbocycles. The van der Waals surface area contributed by atoms with Gasteiger partial charge in [0.2, 0.25) is 6.41 Å². The SMILES string of the molecule is C.CNC(c1ccccc1)C(F)(F)F.O=CNC1(C(=O)O)CC1. The van der Waals surface area contributed by atoms with Crippen LogP contribution in [-0.4, -0.2) is 36.2 Å². The second kappa shape index (κ2) is 8.52. The molecule has 3 N–H and O–H groups in total. The van der Waals surface area contributed by atoms with Gasteiger partial charge < -0.3 is 15.7 Å². The third kappa shape index (κ3) is 5.90. The fraction of sp³-hybridized carbons (Fsp3) is 0.467. The van der Waals surface area contributed by atoms with Crippen molar-refractivity contribution in [1.82, 2.24) is 10.6 Å². The van der Waals surface area contributed by atoms with E-state index in [4.69, 9.17) is 5.11 Å². The maximum atomic E-state index is 12.3. The van der Waals surface area contributed by atoms with Gasteiger partial charge in [0.1, 0.15) is 11.6 Å². The Morgan fingerprint density at radius 1 is 1.30 bits per heavy atom. The van der Waals surface area contributed by atoms with E-state index < -0.39 is 23.7 Å². The van der Waals surface area contributed by atoms with Crippen LogP contribution in [0, 0.1) is 0 Å². The van der Waals surface area contributed by atoms with Crippen molar-refractivity contribution in [2.75, 3.05) is 7.05 Å². The van der Waals surface area contributed by atoms with Crippen LogP contribution in [0.15, 0.2) is 30.3 Å². The van der Waals surface area contributed by atoms with Crippen LogP contribution in [0.3, 0.4) is 0 Å². The highest BCUT2D eigenvalue weighted by atomic mass is 19.4. The van der Waals surface area contributed by atoms with Crippen LogP contribution in [0.4, 0.5) is 13.2 Å². The molecule has 0 aliphatic heterocycles. The van der Waals surface area contributed by atoms with Crippen LogP contribution in [0.25, 0.3) is 0 Å². The first-order valence-corrected chi connectivity index (χ1v) is 6.50. The van der Waals surface area contributed by atoms with Gasteiger partial charge in [-0.1, -0.05) is 37.8 Å². The monoisotopic (exact) mass is 334 g/mol. The Morgan fingerprint density at radius 2 is 1.83 bits per heavy atom. The number of hydrogen-bond acceptors (Lipinski definition) is 3. The molecule has 1 amide bonds. The first-order valence-electron chi connectivity index (χ1n) is 6.50. The van der Waals surface area contributed by atoms with Crippen molar-refractivity contribution >= 4 is 12.4 Å². The summed E-state index contributed by atoms with van der Waals surface area (Å²) in [6.45, 7) is 0. The first-order chi connectivity index (χ1) is 10.3. The Balaban J connectivity index is 0.000000427. The average molecular weight is 334 g/mol. The lowest BCUT2D eigenvalue weighted by Crippen LogP contribution is -2.37. The Bertz CT molecular complexity index is 502. The molecule has 1 aromatic carbocycles. The number of amides is 1. The lowest BCUT2D eigenvalue weighted by atomic mass is 10.1. The van der Waals surface area contributed by atoms with Crippen molar-refractivity contribution in [1.29, 1.82) is 0 Å². The van der Waals surface area contributed by atoms with Gasteiger partial charge in [-0.2, -0.15) is 13.2 Å². The van der Waals surface area contributed by atoms with Gasteiger partial charge in [0.25, 0.3) is 0 Å². The number of aliphatic carboxylic acids is 1. The highest BCUT2D eigenvalue weighted by molar-refractivity contribution is 5.84. The number of nitrogens with one attached hydrogen (secondary N) is 2. The number of carbonyl (C=O) groups is 2. The highest BCUT2D eigenvalue weighted by Crippen LogP contribution is 2.34. The van der Waals surface area contributed by atoms with Crippen LogP contribution in [0.1, 0.15) is 31.9 Å². The number of carboxylic acids is 1. The van der Waals surface area contributed by atoms with E-state index in [0.717, 1.165) is 0 Å². The van der Waals surface area contributed by atoms with E-state index in [-0.39, 0.29) is 13.0 Å². The number of alkyl halides is 3. The molecular weight excluding hydrogens is 313 g/mol. The van der Waals surface area contributed by atoms with Gasteiger partial charge in [-0.25, -0.2) is 4.79 Å². The molecule has 8 heteroatoms. The molecule has 1 atom stereocenters. The molecular formula is C15H21F3N2O3. The lowest BCUT2D eigenvalue weighted by molar-refractivity contribution is -0.156. The summed E-state index contributed by atoms with van der Waals surface area (Å²) >= 11 is 0. The molecule has 0 spiro atoms. The van der Waals surface area contributed by atoms with E-state index in [0.29, 0.717) is 19.3 Å². The minimum absolute atomic E-state index is 0. The van der Waals surface area contributed by atoms with Gasteiger partial charge in [0, 0.05) is 0 Å². The summed E-state index contributed by atoms with van der Waals surface area (Å²) in [5, 5.41) is 12.9. The number of carbonyl (C=O) groups excluding carboxylic acids is 1. The van der Waals surface area contributed by atoms with Gasteiger partial charge in [-0.15, -0.1) is 0 Å². The van der Waals surface area contributed by atoms with Crippen molar-refractivity contribution in [3.8, 4) is 0 Å². The topological polar surface area (TPSA) is 78.4 Å². The summed E-state index contributed by atoms with van der Waals surface area (Å²) < 4.78 is 37.0. The zero-order chi connectivity index (χ0) is 16.8. The molecule has 0 heterocycles. The van der Waals surface area contributed by atoms with Gasteiger partial charge in [0.05, 0.1) is 0 Å². The Labute approximate surface area is 132 Å². The molecule has 0 radical (unpaired) electrons. The molecule has 23 heavy (non-hydrogen) atoms. The molecule has 1 fully saturated rings. The van der Waals surface area contributed by atoms with E-state index in [1.165, 1.54) is 19.2 Å². The summed E-state index contributed by atoms with van der Waals surface area (Å²) in [5.41, 5.74) is -0.667. The predicted octanol–water partition coefficient (Wildman–Crippen LogP) is 2.50. The van der Waals surface area contributed by atoms with Gasteiger partial charge in [0.15, 0.2) is 0 Å². The third-order valence-corrected chi connectivity index (χ3v) is 3.24. The number of rotatable bonds is 5. The Hall–Kier alpha value is -2.09. The fourth-order valence-corrected chi connectivity index (χ4v) is 1.82. The summed E-state index contributed by atoms with van der Waals surface area (Å²) in [5.74, 6) is -0.936. The van der Waals surface area contributed by atoms with Crippen LogP contribution in [-0.2, 0) is 9.59 Å². The number of carboxylic acid groups (broad SMARTS) is 1. The maximum Gasteiger partial charge on any atom is 0.407 e. The summed E-state index contributed by atoms with van der Waals surface area (Å²) in [6.07, 6.45) is -2.70. The Morgan fingerprint density at radius 3 is 2.09 bits per heavy atom. The number of halogens is 3. The van der Waals surface area contributed by atoms with E-state index in [9.17, 15) is 22.8 Å². The smallest absolute Gasteiger partial charge is 0.407 e. The minimum Gasteiger partial charge on any atom is -0.480 e. The van der Waals surface area contributed by atoms with E-state index >= 15 is 0 Å². The molecule has 0 aromatic heterocycles. The van der Waals surface area contributed by atoms with Crippen LogP contribution < -0.4 is 10.6 Å². The van der Waals surface area contributed by atoms with E-state index in [2.05, 4.69) is 10.6 Å². The van der Waals surface area contributed by atoms with E-state index in [1.807, 2.05) is 0 Å². The molecule has 0 saturated heterocycles. The quantitative estimate of drug-likeness (QED) is 0.723. The molecule has 130 valence electrons. The molecule has 5 nitrogen and oxygen atoms in total. The van der Waals surface area contributed by atoms with E-state index in [1.54, 1.807) is 18.2 Å². The van der Waals surface area contributed by atoms with Gasteiger partial charge >= 0.3 is 12.1 Å². The predicted molar refractivity (Wildman–Crippen MR) is 79.8 cm³/mol. The molecule has 1 aromatic rings. The number of hydrogen-bond donors (Lipinski definition) is 3. The normalized spacial score (nSPS) is 16.0. The number of benzene rings is 1. The summed E-state index contributed by atoms with van der Waals surface area (Å²) in [7, 11) is 1.30. The molecule has 2 rings (SSSR count). The second-order valence-corrected chi connectivity index (χ2v) is 4.82. The van der Waals surface area contributed by atoms with Crippen LogP contribution in [0.2, 0.25) is 0 Å². The van der Waals surface area contributed by atoms with Crippen molar-refractivity contribution in [2.45, 2.75) is 38.0 Å². The van der Waals surface area contributed by atoms with Crippen molar-refractivity contribution in [3.63, 3.8) is 0 Å². The van der Waals surface area contributed by atoms with Crippen molar-refractivity contribution < 1.29 is 27.9 Å². The maximum absolute atomic E-state index is 12.3. The molecule has 0 bridgehead atoms. The van der Waals surface area contributed by atoms with Crippen molar-refractivity contribution in [2.24, 2.45) is 0 Å². The van der Waals surface area contributed by atoms with Gasteiger partial charge in [-0.3, -0.25) is 4.79 Å². The first kappa shape index (κ1) is 20.9. The molecule has 1 aliphatic carbocycles. The summed E-state index contributed by atoms with van der Waals surface area (Å²) in [4.78, 5) is 20.0. The van der Waals surface area contributed by atoms with Crippen LogP contribution >= 0.6 is 0 Å². The van der Waals surface area contributed by atoms with Crippen molar-refractivity contribution in [3.05, 3.63) is 35.9 Å². The highest BCUT2D eigenvalue weighted by Gasteiger charge is 2.50. The Kier molecular flexibility index (Phi) is 7.74. The zero-order valence-electron chi connectivity index (χ0n) is 11.9. The second-order valence-electron chi connectivity index (χ2n) is 4.82. The molecule has 1 aliphatic rings. The zero-order valence-corrected chi connectivity index (χ0v) is 11.9. The average Bonchev–Trinajstić information content (AvgIpc) is 3.21. The molecule has 1 unspecified atom stereocenters.